The highest BCUT2D eigenvalue weighted by molar-refractivity contribution is 6.30. The molecule has 52 valence electrons. The zero-order valence-corrected chi connectivity index (χ0v) is 5.97. The lowest BCUT2D eigenvalue weighted by molar-refractivity contribution is 1.18. The highest BCUT2D eigenvalue weighted by atomic mass is 35.5. The van der Waals surface area contributed by atoms with Crippen molar-refractivity contribution in [2.75, 3.05) is 5.73 Å². The van der Waals surface area contributed by atoms with Crippen molar-refractivity contribution in [3.8, 4) is 0 Å². The molecule has 0 bridgehead atoms. The van der Waals surface area contributed by atoms with E-state index in [2.05, 4.69) is 16.5 Å². The van der Waals surface area contributed by atoms with Crippen molar-refractivity contribution in [2.24, 2.45) is 0 Å². The van der Waals surface area contributed by atoms with Crippen molar-refractivity contribution in [3.05, 3.63) is 23.5 Å². The summed E-state index contributed by atoms with van der Waals surface area (Å²) in [7, 11) is 0. The molecule has 0 radical (unpaired) electrons. The zero-order chi connectivity index (χ0) is 7.56. The Morgan fingerprint density at radius 2 is 2.40 bits per heavy atom. The van der Waals surface area contributed by atoms with E-state index in [9.17, 15) is 0 Å². The van der Waals surface area contributed by atoms with Crippen LogP contribution in [0.2, 0.25) is 5.15 Å². The van der Waals surface area contributed by atoms with Gasteiger partial charge in [-0.1, -0.05) is 24.3 Å². The summed E-state index contributed by atoms with van der Waals surface area (Å²) in [5, 5.41) is 0.336. The van der Waals surface area contributed by atoms with E-state index in [0.29, 0.717) is 10.7 Å². The van der Waals surface area contributed by atoms with Crippen LogP contribution < -0.4 is 5.73 Å². The molecule has 0 fully saturated rings. The number of halogens is 1. The Bertz CT molecular complexity index is 259. The van der Waals surface area contributed by atoms with E-state index >= 15 is 0 Å². The molecule has 0 amide bonds. The Balaban J connectivity index is 3.19. The first kappa shape index (κ1) is 7.02. The molecule has 4 heteroatoms. The monoisotopic (exact) mass is 155 g/mol. The van der Waals surface area contributed by atoms with Gasteiger partial charge in [0.25, 0.3) is 0 Å². The molecule has 0 aliphatic heterocycles. The predicted molar refractivity (Wildman–Crippen MR) is 41.5 cm³/mol. The lowest BCUT2D eigenvalue weighted by atomic mass is 10.3. The number of hydrogen-bond acceptors (Lipinski definition) is 3. The van der Waals surface area contributed by atoms with Crippen LogP contribution in [0.3, 0.4) is 0 Å². The smallest absolute Gasteiger partial charge is 0.221 e. The Kier molecular flexibility index (Phi) is 1.87. The molecule has 0 aliphatic rings. The molecule has 0 saturated heterocycles. The molecule has 1 aromatic rings. The van der Waals surface area contributed by atoms with E-state index in [4.69, 9.17) is 17.3 Å². The van der Waals surface area contributed by atoms with Crippen molar-refractivity contribution >= 4 is 23.6 Å². The van der Waals surface area contributed by atoms with Gasteiger partial charge in [0.05, 0.1) is 0 Å². The number of nitrogen functional groups attached to an aromatic ring is 1. The average Bonchev–Trinajstić information content (AvgIpc) is 1.88. The van der Waals surface area contributed by atoms with Gasteiger partial charge in [-0.2, -0.15) is 0 Å². The highest BCUT2D eigenvalue weighted by Gasteiger charge is 1.97. The second kappa shape index (κ2) is 2.66. The van der Waals surface area contributed by atoms with Crippen LogP contribution in [0.25, 0.3) is 6.08 Å². The molecule has 1 heterocycles. The first-order valence-corrected chi connectivity index (χ1v) is 3.02. The van der Waals surface area contributed by atoms with E-state index in [1.807, 2.05) is 0 Å². The summed E-state index contributed by atoms with van der Waals surface area (Å²) < 4.78 is 0. The third-order valence-electron chi connectivity index (χ3n) is 1.01. The van der Waals surface area contributed by atoms with E-state index in [-0.39, 0.29) is 5.95 Å². The number of nitrogens with zero attached hydrogens (tertiary/aromatic N) is 2. The van der Waals surface area contributed by atoms with Gasteiger partial charge in [-0.3, -0.25) is 0 Å². The van der Waals surface area contributed by atoms with Crippen LogP contribution in [0.4, 0.5) is 5.95 Å². The van der Waals surface area contributed by atoms with Gasteiger partial charge in [-0.15, -0.1) is 0 Å². The number of hydrogen-bond donors (Lipinski definition) is 1. The first-order valence-electron chi connectivity index (χ1n) is 2.64. The van der Waals surface area contributed by atoms with Crippen LogP contribution in [0, 0.1) is 0 Å². The molecular weight excluding hydrogens is 150 g/mol. The third-order valence-corrected chi connectivity index (χ3v) is 1.31. The Labute approximate surface area is 63.6 Å². The molecule has 0 unspecified atom stereocenters. The van der Waals surface area contributed by atoms with E-state index in [1.165, 1.54) is 6.20 Å². The maximum atomic E-state index is 5.63. The molecular formula is C6H6ClN3. The Hall–Kier alpha value is -1.09. The van der Waals surface area contributed by atoms with Crippen molar-refractivity contribution in [2.45, 2.75) is 0 Å². The molecule has 0 spiro atoms. The van der Waals surface area contributed by atoms with Crippen LogP contribution in [0.1, 0.15) is 5.56 Å². The predicted octanol–water partition coefficient (Wildman–Crippen LogP) is 1.36. The molecule has 10 heavy (non-hydrogen) atoms. The number of anilines is 1. The number of nitrogens with two attached hydrogens (primary N) is 1. The minimum atomic E-state index is 0.176. The van der Waals surface area contributed by atoms with Crippen molar-refractivity contribution in [1.82, 2.24) is 9.97 Å². The van der Waals surface area contributed by atoms with Gasteiger partial charge in [0.15, 0.2) is 0 Å². The van der Waals surface area contributed by atoms with E-state index < -0.39 is 0 Å². The normalized spacial score (nSPS) is 9.30. The van der Waals surface area contributed by atoms with E-state index in [0.717, 1.165) is 0 Å². The van der Waals surface area contributed by atoms with Crippen molar-refractivity contribution < 1.29 is 0 Å². The first-order chi connectivity index (χ1) is 4.74. The zero-order valence-electron chi connectivity index (χ0n) is 5.21. The fourth-order valence-corrected chi connectivity index (χ4v) is 0.732. The van der Waals surface area contributed by atoms with Crippen LogP contribution in [0.5, 0.6) is 0 Å². The van der Waals surface area contributed by atoms with Crippen molar-refractivity contribution in [3.63, 3.8) is 0 Å². The second-order valence-electron chi connectivity index (χ2n) is 1.68. The fraction of sp³-hybridized carbons (Fsp3) is 0. The lowest BCUT2D eigenvalue weighted by Crippen LogP contribution is -1.94. The summed E-state index contributed by atoms with van der Waals surface area (Å²) >= 11 is 5.63. The molecule has 3 nitrogen and oxygen atoms in total. The van der Waals surface area contributed by atoms with Crippen LogP contribution in [0.15, 0.2) is 12.8 Å². The summed E-state index contributed by atoms with van der Waals surface area (Å²) in [5.41, 5.74) is 5.93. The Morgan fingerprint density at radius 1 is 1.70 bits per heavy atom. The minimum Gasteiger partial charge on any atom is -0.368 e. The Morgan fingerprint density at radius 3 is 2.90 bits per heavy atom. The highest BCUT2D eigenvalue weighted by Crippen LogP contribution is 2.12. The van der Waals surface area contributed by atoms with Gasteiger partial charge in [0.1, 0.15) is 5.15 Å². The van der Waals surface area contributed by atoms with Crippen LogP contribution in [-0.4, -0.2) is 9.97 Å². The summed E-state index contributed by atoms with van der Waals surface area (Å²) in [6.07, 6.45) is 3.10. The third kappa shape index (κ3) is 1.25. The van der Waals surface area contributed by atoms with Gasteiger partial charge in [-0.25, -0.2) is 9.97 Å². The number of rotatable bonds is 1. The fourth-order valence-electron chi connectivity index (χ4n) is 0.520. The SMILES string of the molecule is C=Cc1cnc(N)nc1Cl. The molecule has 2 N–H and O–H groups in total. The second-order valence-corrected chi connectivity index (χ2v) is 2.04. The summed E-state index contributed by atoms with van der Waals surface area (Å²) in [4.78, 5) is 7.43. The maximum absolute atomic E-state index is 5.63. The summed E-state index contributed by atoms with van der Waals surface area (Å²) in [6.45, 7) is 3.52. The molecule has 1 rings (SSSR count). The van der Waals surface area contributed by atoms with Gasteiger partial charge in [0.2, 0.25) is 5.95 Å². The van der Waals surface area contributed by atoms with E-state index in [1.54, 1.807) is 6.08 Å². The maximum Gasteiger partial charge on any atom is 0.221 e. The summed E-state index contributed by atoms with van der Waals surface area (Å²) in [6, 6.07) is 0. The quantitative estimate of drug-likeness (QED) is 0.623. The largest absolute Gasteiger partial charge is 0.368 e. The molecule has 1 aromatic heterocycles. The van der Waals surface area contributed by atoms with Crippen molar-refractivity contribution in [1.29, 1.82) is 0 Å². The molecule has 0 atom stereocenters. The van der Waals surface area contributed by atoms with Gasteiger partial charge >= 0.3 is 0 Å². The van der Waals surface area contributed by atoms with Gasteiger partial charge < -0.3 is 5.73 Å². The lowest BCUT2D eigenvalue weighted by Gasteiger charge is -1.95. The minimum absolute atomic E-state index is 0.176. The van der Waals surface area contributed by atoms with Crippen LogP contribution >= 0.6 is 11.6 Å². The standard InChI is InChI=1S/C6H6ClN3/c1-2-4-3-9-6(8)10-5(4)7/h2-3H,1H2,(H2,8,9,10). The topological polar surface area (TPSA) is 51.8 Å². The average molecular weight is 156 g/mol. The van der Waals surface area contributed by atoms with Gasteiger partial charge in [0, 0.05) is 11.8 Å². The molecule has 0 saturated carbocycles. The van der Waals surface area contributed by atoms with Crippen LogP contribution in [-0.2, 0) is 0 Å². The number of aromatic nitrogens is 2. The summed E-state index contributed by atoms with van der Waals surface area (Å²) in [5.74, 6) is 0.176. The van der Waals surface area contributed by atoms with Gasteiger partial charge in [-0.05, 0) is 0 Å². The molecule has 0 aliphatic carbocycles. The molecule has 0 aromatic carbocycles.